The molecule has 3 heteroatoms. The second kappa shape index (κ2) is 4.35. The van der Waals surface area contributed by atoms with Crippen molar-refractivity contribution >= 4 is 0 Å². The largest absolute Gasteiger partial charge is 0.513 e. The fourth-order valence-corrected chi connectivity index (χ4v) is 0.741. The Labute approximate surface area is 66.2 Å². The normalized spacial score (nSPS) is 13.7. The molecule has 0 heterocycles. The van der Waals surface area contributed by atoms with E-state index in [1.54, 1.807) is 6.92 Å². The van der Waals surface area contributed by atoms with E-state index in [-0.39, 0.29) is 11.7 Å². The molecule has 0 aromatic rings. The first-order chi connectivity index (χ1) is 5.11. The number of aliphatic hydroxyl groups is 1. The maximum absolute atomic E-state index is 8.80. The molecule has 0 spiro atoms. The maximum atomic E-state index is 8.80. The first-order valence-corrected chi connectivity index (χ1v) is 3.28. The number of nitrogens with zero attached hydrogens (tertiary/aromatic N) is 2. The van der Waals surface area contributed by atoms with Gasteiger partial charge in [0.1, 0.15) is 5.92 Å². The van der Waals surface area contributed by atoms with E-state index < -0.39 is 5.92 Å². The van der Waals surface area contributed by atoms with Crippen molar-refractivity contribution < 1.29 is 5.11 Å². The van der Waals surface area contributed by atoms with Gasteiger partial charge in [0.2, 0.25) is 0 Å². The Bertz CT molecular complexity index is 213. The van der Waals surface area contributed by atoms with E-state index in [0.29, 0.717) is 0 Å². The molecule has 0 bridgehead atoms. The van der Waals surface area contributed by atoms with Gasteiger partial charge < -0.3 is 5.11 Å². The summed E-state index contributed by atoms with van der Waals surface area (Å²) in [7, 11) is 0. The van der Waals surface area contributed by atoms with E-state index in [4.69, 9.17) is 15.6 Å². The average Bonchev–Trinajstić information content (AvgIpc) is 1.88. The van der Waals surface area contributed by atoms with Crippen molar-refractivity contribution in [3.8, 4) is 12.1 Å². The van der Waals surface area contributed by atoms with Gasteiger partial charge in [0, 0.05) is 5.92 Å². The van der Waals surface area contributed by atoms with E-state index in [1.165, 1.54) is 13.0 Å². The lowest BCUT2D eigenvalue weighted by molar-refractivity contribution is 0.403. The second-order valence-corrected chi connectivity index (χ2v) is 2.40. The molecule has 1 atom stereocenters. The predicted octanol–water partition coefficient (Wildman–Crippen LogP) is 1.75. The summed E-state index contributed by atoms with van der Waals surface area (Å²) in [5, 5.41) is 25.7. The van der Waals surface area contributed by atoms with Crippen molar-refractivity contribution in [2.45, 2.75) is 13.8 Å². The van der Waals surface area contributed by atoms with E-state index >= 15 is 0 Å². The van der Waals surface area contributed by atoms with Crippen LogP contribution in [0, 0.1) is 34.5 Å². The molecule has 0 rings (SSSR count). The monoisotopic (exact) mass is 150 g/mol. The fraction of sp³-hybridized carbons (Fsp3) is 0.500. The van der Waals surface area contributed by atoms with Crippen LogP contribution in [0.4, 0.5) is 0 Å². The van der Waals surface area contributed by atoms with Crippen LogP contribution in [-0.2, 0) is 0 Å². The van der Waals surface area contributed by atoms with Crippen molar-refractivity contribution in [3.05, 3.63) is 11.8 Å². The van der Waals surface area contributed by atoms with Crippen molar-refractivity contribution in [2.24, 2.45) is 11.8 Å². The fourth-order valence-electron chi connectivity index (χ4n) is 0.741. The van der Waals surface area contributed by atoms with E-state index in [1.807, 2.05) is 12.1 Å². The summed E-state index contributed by atoms with van der Waals surface area (Å²) in [6.07, 6.45) is 1.50. The molecule has 0 radical (unpaired) electrons. The van der Waals surface area contributed by atoms with E-state index in [2.05, 4.69) is 0 Å². The molecule has 1 N–H and O–H groups in total. The zero-order chi connectivity index (χ0) is 8.85. The minimum absolute atomic E-state index is 0.146. The molecule has 11 heavy (non-hydrogen) atoms. The quantitative estimate of drug-likeness (QED) is 0.609. The lowest BCUT2D eigenvalue weighted by Crippen LogP contribution is -2.04. The topological polar surface area (TPSA) is 67.8 Å². The van der Waals surface area contributed by atoms with Gasteiger partial charge in [0.25, 0.3) is 0 Å². The number of allylic oxidation sites excluding steroid dienone is 2. The lowest BCUT2D eigenvalue weighted by atomic mass is 9.96. The summed E-state index contributed by atoms with van der Waals surface area (Å²) in [4.78, 5) is 0. The van der Waals surface area contributed by atoms with Crippen LogP contribution < -0.4 is 0 Å². The van der Waals surface area contributed by atoms with Crippen LogP contribution in [0.2, 0.25) is 0 Å². The summed E-state index contributed by atoms with van der Waals surface area (Å²) < 4.78 is 0. The molecule has 0 fully saturated rings. The Hall–Kier alpha value is -1.48. The van der Waals surface area contributed by atoms with Gasteiger partial charge in [0.05, 0.1) is 17.9 Å². The van der Waals surface area contributed by atoms with Gasteiger partial charge in [-0.1, -0.05) is 6.92 Å². The van der Waals surface area contributed by atoms with Crippen LogP contribution in [0.5, 0.6) is 0 Å². The minimum atomic E-state index is -0.669. The highest BCUT2D eigenvalue weighted by molar-refractivity contribution is 5.07. The molecule has 0 aromatic heterocycles. The van der Waals surface area contributed by atoms with Crippen LogP contribution in [0.15, 0.2) is 11.8 Å². The van der Waals surface area contributed by atoms with E-state index in [9.17, 15) is 0 Å². The van der Waals surface area contributed by atoms with Crippen LogP contribution >= 0.6 is 0 Å². The molecule has 0 amide bonds. The zero-order valence-corrected chi connectivity index (χ0v) is 6.57. The molecule has 0 aromatic carbocycles. The summed E-state index contributed by atoms with van der Waals surface area (Å²) in [5.41, 5.74) is 0. The maximum Gasteiger partial charge on any atom is 0.139 e. The van der Waals surface area contributed by atoms with E-state index in [0.717, 1.165) is 0 Å². The first-order valence-electron chi connectivity index (χ1n) is 3.28. The van der Waals surface area contributed by atoms with Gasteiger partial charge in [-0.05, 0) is 13.0 Å². The molecule has 0 unspecified atom stereocenters. The average molecular weight is 150 g/mol. The van der Waals surface area contributed by atoms with Gasteiger partial charge >= 0.3 is 0 Å². The Balaban J connectivity index is 4.28. The van der Waals surface area contributed by atoms with Gasteiger partial charge in [-0.25, -0.2) is 0 Å². The summed E-state index contributed by atoms with van der Waals surface area (Å²) in [6.45, 7) is 3.24. The lowest BCUT2D eigenvalue weighted by Gasteiger charge is -2.04. The summed E-state index contributed by atoms with van der Waals surface area (Å²) in [6, 6.07) is 3.68. The summed E-state index contributed by atoms with van der Waals surface area (Å²) >= 11 is 0. The molecular formula is C8H10N2O. The zero-order valence-electron chi connectivity index (χ0n) is 6.57. The van der Waals surface area contributed by atoms with Crippen molar-refractivity contribution in [1.82, 2.24) is 0 Å². The molecule has 0 saturated heterocycles. The SMILES string of the molecule is C/C(O)=C\[C@H](C)C(C#N)C#N. The molecular weight excluding hydrogens is 140 g/mol. The van der Waals surface area contributed by atoms with Crippen LogP contribution in [-0.4, -0.2) is 5.11 Å². The standard InChI is InChI=1S/C8H10N2O/c1-6(3-7(2)11)8(4-9)5-10/h3,6,8,11H,1-2H3/b7-3+/t6-/m0/s1. The van der Waals surface area contributed by atoms with Crippen molar-refractivity contribution in [3.63, 3.8) is 0 Å². The van der Waals surface area contributed by atoms with Crippen molar-refractivity contribution in [1.29, 1.82) is 10.5 Å². The molecule has 0 aliphatic heterocycles. The third-order valence-electron chi connectivity index (χ3n) is 1.31. The second-order valence-electron chi connectivity index (χ2n) is 2.40. The van der Waals surface area contributed by atoms with Gasteiger partial charge in [-0.15, -0.1) is 0 Å². The number of hydrogen-bond acceptors (Lipinski definition) is 3. The highest BCUT2D eigenvalue weighted by Crippen LogP contribution is 2.12. The number of hydrogen-bond donors (Lipinski definition) is 1. The Morgan fingerprint density at radius 2 is 1.91 bits per heavy atom. The molecule has 0 aliphatic rings. The Kier molecular flexibility index (Phi) is 3.77. The molecule has 58 valence electrons. The van der Waals surface area contributed by atoms with Crippen LogP contribution in [0.1, 0.15) is 13.8 Å². The Morgan fingerprint density at radius 1 is 1.45 bits per heavy atom. The third kappa shape index (κ3) is 3.27. The number of nitriles is 2. The summed E-state index contributed by atoms with van der Waals surface area (Å²) in [5.74, 6) is -0.736. The molecule has 0 aliphatic carbocycles. The van der Waals surface area contributed by atoms with Crippen LogP contribution in [0.3, 0.4) is 0 Å². The number of aliphatic hydroxyl groups excluding tert-OH is 1. The van der Waals surface area contributed by atoms with Crippen LogP contribution in [0.25, 0.3) is 0 Å². The smallest absolute Gasteiger partial charge is 0.139 e. The highest BCUT2D eigenvalue weighted by Gasteiger charge is 2.12. The Morgan fingerprint density at radius 3 is 2.18 bits per heavy atom. The molecule has 0 saturated carbocycles. The first kappa shape index (κ1) is 9.52. The van der Waals surface area contributed by atoms with Gasteiger partial charge in [-0.2, -0.15) is 10.5 Å². The van der Waals surface area contributed by atoms with Crippen molar-refractivity contribution in [2.75, 3.05) is 0 Å². The molecule has 3 nitrogen and oxygen atoms in total. The predicted molar refractivity (Wildman–Crippen MR) is 40.3 cm³/mol. The minimum Gasteiger partial charge on any atom is -0.513 e. The van der Waals surface area contributed by atoms with Gasteiger partial charge in [0.15, 0.2) is 0 Å². The highest BCUT2D eigenvalue weighted by atomic mass is 16.3. The third-order valence-corrected chi connectivity index (χ3v) is 1.31. The number of rotatable bonds is 2. The van der Waals surface area contributed by atoms with Gasteiger partial charge in [-0.3, -0.25) is 0 Å².